The number of urea groups is 1. The Hall–Kier alpha value is -1.55. The summed E-state index contributed by atoms with van der Waals surface area (Å²) in [7, 11) is 3.30. The fourth-order valence-electron chi connectivity index (χ4n) is 1.44. The van der Waals surface area contributed by atoms with Gasteiger partial charge < -0.3 is 17.7 Å². The van der Waals surface area contributed by atoms with Crippen LogP contribution in [-0.2, 0) is 0 Å². The largest absolute Gasteiger partial charge is 1.00 e. The van der Waals surface area contributed by atoms with Gasteiger partial charge in [-0.05, 0) is 25.0 Å². The number of nitrogens with zero attached hydrogens (tertiary/aromatic N) is 1. The van der Waals surface area contributed by atoms with Gasteiger partial charge in [-0.25, -0.2) is 9.79 Å². The molecular weight excluding hydrogens is 238 g/mol. The van der Waals surface area contributed by atoms with Gasteiger partial charge in [-0.1, -0.05) is 18.2 Å². The molecule has 5 heteroatoms. The predicted octanol–water partition coefficient (Wildman–Crippen LogP) is -2.68. The van der Waals surface area contributed by atoms with E-state index in [4.69, 9.17) is 0 Å². The maximum absolute atomic E-state index is 11.2. The summed E-state index contributed by atoms with van der Waals surface area (Å²) in [5, 5.41) is 2.55. The van der Waals surface area contributed by atoms with Crippen LogP contribution in [0.1, 0.15) is 11.1 Å². The fraction of sp³-hybridized carbons (Fsp3) is 0.333. The van der Waals surface area contributed by atoms with Gasteiger partial charge in [-0.3, -0.25) is 0 Å². The molecule has 0 fully saturated rings. The topological polar surface area (TPSA) is 46.3 Å². The molecule has 2 amide bonds. The minimum atomic E-state index is -0.154. The van der Waals surface area contributed by atoms with Crippen LogP contribution in [0.25, 0.3) is 0 Å². The summed E-state index contributed by atoms with van der Waals surface area (Å²) in [6.45, 7) is 4.06. The second-order valence-corrected chi connectivity index (χ2v) is 3.71. The Morgan fingerprint density at radius 1 is 1.35 bits per heavy atom. The van der Waals surface area contributed by atoms with Crippen molar-refractivity contribution in [1.82, 2.24) is 10.2 Å². The second kappa shape index (κ2) is 6.91. The molecule has 1 rings (SSSR count). The third-order valence-electron chi connectivity index (χ3n) is 2.42. The Labute approximate surface area is 108 Å². The van der Waals surface area contributed by atoms with Crippen molar-refractivity contribution in [3.8, 4) is 0 Å². The minimum absolute atomic E-state index is 0. The molecule has 17 heavy (non-hydrogen) atoms. The van der Waals surface area contributed by atoms with Gasteiger partial charge in [0.2, 0.25) is 6.34 Å². The zero-order valence-electron chi connectivity index (χ0n) is 10.5. The number of hydrogen-bond acceptors (Lipinski definition) is 1. The predicted molar refractivity (Wildman–Crippen MR) is 64.8 cm³/mol. The Morgan fingerprint density at radius 3 is 2.35 bits per heavy atom. The number of halogens is 1. The Kier molecular flexibility index (Phi) is 6.28. The molecule has 0 unspecified atom stereocenters. The number of carbonyl (C=O) groups is 1. The molecular formula is C12H18ClN3O. The number of para-hydroxylation sites is 1. The zero-order valence-corrected chi connectivity index (χ0v) is 11.3. The molecule has 1 aromatic carbocycles. The lowest BCUT2D eigenvalue weighted by molar-refractivity contribution is -0.354. The van der Waals surface area contributed by atoms with E-state index in [0.717, 1.165) is 16.8 Å². The van der Waals surface area contributed by atoms with E-state index >= 15 is 0 Å². The van der Waals surface area contributed by atoms with E-state index in [9.17, 15) is 4.79 Å². The first kappa shape index (κ1) is 15.5. The van der Waals surface area contributed by atoms with Crippen LogP contribution in [0.15, 0.2) is 18.2 Å². The summed E-state index contributed by atoms with van der Waals surface area (Å²) < 4.78 is 0. The van der Waals surface area contributed by atoms with Crippen molar-refractivity contribution in [2.24, 2.45) is 0 Å². The van der Waals surface area contributed by atoms with Crippen LogP contribution < -0.4 is 22.7 Å². The molecule has 0 bridgehead atoms. The Morgan fingerprint density at radius 2 is 1.88 bits per heavy atom. The number of rotatable bonds is 2. The summed E-state index contributed by atoms with van der Waals surface area (Å²) in [6.07, 6.45) is 1.65. The van der Waals surface area contributed by atoms with E-state index in [0.29, 0.717) is 0 Å². The summed E-state index contributed by atoms with van der Waals surface area (Å²) in [5.41, 5.74) is 3.35. The van der Waals surface area contributed by atoms with Gasteiger partial charge in [-0.2, -0.15) is 4.90 Å². The van der Waals surface area contributed by atoms with Crippen molar-refractivity contribution < 1.29 is 22.2 Å². The van der Waals surface area contributed by atoms with E-state index in [1.54, 1.807) is 20.4 Å². The van der Waals surface area contributed by atoms with Gasteiger partial charge in [0, 0.05) is 7.05 Å². The van der Waals surface area contributed by atoms with E-state index in [1.807, 2.05) is 32.0 Å². The fourth-order valence-corrected chi connectivity index (χ4v) is 1.44. The van der Waals surface area contributed by atoms with E-state index in [2.05, 4.69) is 10.3 Å². The third kappa shape index (κ3) is 4.07. The highest BCUT2D eigenvalue weighted by molar-refractivity contribution is 5.84. The molecule has 0 aliphatic carbocycles. The first-order valence-corrected chi connectivity index (χ1v) is 5.17. The van der Waals surface area contributed by atoms with Crippen molar-refractivity contribution >= 4 is 18.1 Å². The smallest absolute Gasteiger partial charge is 0.407 e. The van der Waals surface area contributed by atoms with Crippen LogP contribution in [0.5, 0.6) is 0 Å². The van der Waals surface area contributed by atoms with Crippen molar-refractivity contribution in [3.05, 3.63) is 29.3 Å². The molecule has 0 saturated heterocycles. The van der Waals surface area contributed by atoms with Gasteiger partial charge in [0.1, 0.15) is 5.69 Å². The highest BCUT2D eigenvalue weighted by Crippen LogP contribution is 2.12. The molecule has 0 spiro atoms. The zero-order chi connectivity index (χ0) is 12.1. The lowest BCUT2D eigenvalue weighted by atomic mass is 10.1. The monoisotopic (exact) mass is 255 g/mol. The molecule has 0 radical (unpaired) electrons. The van der Waals surface area contributed by atoms with Gasteiger partial charge in [0.05, 0.1) is 7.05 Å². The highest BCUT2D eigenvalue weighted by atomic mass is 35.5. The number of nitrogens with one attached hydrogen (secondary N) is 2. The van der Waals surface area contributed by atoms with Crippen LogP contribution >= 0.6 is 0 Å². The molecule has 0 aliphatic rings. The molecule has 0 aromatic heterocycles. The SMILES string of the molecule is CNC(=O)N(C)C=[NH+]c1c(C)cccc1C.[Cl-]. The summed E-state index contributed by atoms with van der Waals surface area (Å²) in [4.78, 5) is 15.8. The van der Waals surface area contributed by atoms with E-state index in [-0.39, 0.29) is 18.4 Å². The maximum atomic E-state index is 11.2. The number of hydrogen-bond donors (Lipinski definition) is 2. The lowest BCUT2D eigenvalue weighted by Gasteiger charge is -2.04. The van der Waals surface area contributed by atoms with Crippen molar-refractivity contribution in [2.75, 3.05) is 14.1 Å². The van der Waals surface area contributed by atoms with Crippen LogP contribution in [-0.4, -0.2) is 31.4 Å². The van der Waals surface area contributed by atoms with Crippen LogP contribution in [0, 0.1) is 13.8 Å². The van der Waals surface area contributed by atoms with Crippen LogP contribution in [0.3, 0.4) is 0 Å². The average molecular weight is 256 g/mol. The normalized spacial score (nSPS) is 9.88. The molecule has 4 nitrogen and oxygen atoms in total. The van der Waals surface area contributed by atoms with Crippen LogP contribution in [0.2, 0.25) is 0 Å². The Bertz CT molecular complexity index is 398. The molecule has 2 N–H and O–H groups in total. The molecule has 94 valence electrons. The molecule has 0 aliphatic heterocycles. The van der Waals surface area contributed by atoms with E-state index in [1.165, 1.54) is 4.90 Å². The quantitative estimate of drug-likeness (QED) is 0.439. The Balaban J connectivity index is 0.00000256. The summed E-state index contributed by atoms with van der Waals surface area (Å²) in [5.74, 6) is 0. The van der Waals surface area contributed by atoms with Gasteiger partial charge in [-0.15, -0.1) is 0 Å². The summed E-state index contributed by atoms with van der Waals surface area (Å²) in [6, 6.07) is 5.92. The lowest BCUT2D eigenvalue weighted by Crippen LogP contribution is -3.00. The average Bonchev–Trinajstić information content (AvgIpc) is 2.27. The second-order valence-electron chi connectivity index (χ2n) is 3.71. The minimum Gasteiger partial charge on any atom is -1.00 e. The van der Waals surface area contributed by atoms with Crippen LogP contribution in [0.4, 0.5) is 10.5 Å². The number of amides is 2. The maximum Gasteiger partial charge on any atom is 0.407 e. The first-order chi connectivity index (χ1) is 7.56. The summed E-state index contributed by atoms with van der Waals surface area (Å²) >= 11 is 0. The van der Waals surface area contributed by atoms with E-state index < -0.39 is 0 Å². The molecule has 0 saturated carbocycles. The third-order valence-corrected chi connectivity index (χ3v) is 2.42. The van der Waals surface area contributed by atoms with Gasteiger partial charge >= 0.3 is 6.03 Å². The van der Waals surface area contributed by atoms with Crippen molar-refractivity contribution in [3.63, 3.8) is 0 Å². The van der Waals surface area contributed by atoms with Gasteiger partial charge in [0.25, 0.3) is 0 Å². The molecule has 0 atom stereocenters. The first-order valence-electron chi connectivity index (χ1n) is 5.17. The number of benzene rings is 1. The van der Waals surface area contributed by atoms with Crippen molar-refractivity contribution in [2.45, 2.75) is 13.8 Å². The number of carbonyl (C=O) groups excluding carboxylic acids is 1. The molecule has 1 aromatic rings. The van der Waals surface area contributed by atoms with Crippen molar-refractivity contribution in [1.29, 1.82) is 0 Å². The van der Waals surface area contributed by atoms with Gasteiger partial charge in [0.15, 0.2) is 0 Å². The molecule has 0 heterocycles. The number of aryl methyl sites for hydroxylation is 2. The standard InChI is InChI=1S/C12H17N3O.ClH/c1-9-6-5-7-10(2)11(9)14-8-15(4)12(16)13-3;/h5-8H,1-4H3,(H,13,16);1H. The highest BCUT2D eigenvalue weighted by Gasteiger charge is 2.10.